The lowest BCUT2D eigenvalue weighted by atomic mass is 10.1. The Balaban J connectivity index is 1.28. The molecule has 3 amide bonds. The van der Waals surface area contributed by atoms with Crippen LogP contribution in [0.2, 0.25) is 0 Å². The fourth-order valence-corrected chi connectivity index (χ4v) is 4.32. The van der Waals surface area contributed by atoms with Crippen LogP contribution in [-0.4, -0.2) is 38.0 Å². The maximum atomic E-state index is 12.7. The second-order valence-electron chi connectivity index (χ2n) is 9.08. The van der Waals surface area contributed by atoms with Crippen LogP contribution in [0.3, 0.4) is 0 Å². The van der Waals surface area contributed by atoms with Crippen molar-refractivity contribution in [2.45, 2.75) is 26.8 Å². The second-order valence-corrected chi connectivity index (χ2v) is 9.08. The van der Waals surface area contributed by atoms with Crippen LogP contribution in [0.1, 0.15) is 23.1 Å². The summed E-state index contributed by atoms with van der Waals surface area (Å²) in [5.74, 6) is 0.240. The van der Waals surface area contributed by atoms with Gasteiger partial charge in [-0.25, -0.2) is 0 Å². The van der Waals surface area contributed by atoms with E-state index in [1.165, 1.54) is 0 Å². The number of hydrogen-bond acceptors (Lipinski definition) is 5. The van der Waals surface area contributed by atoms with Gasteiger partial charge < -0.3 is 25.0 Å². The number of amides is 3. The largest absolute Gasteiger partial charge is 0.496 e. The Bertz CT molecular complexity index is 1290. The highest BCUT2D eigenvalue weighted by atomic mass is 16.5. The van der Waals surface area contributed by atoms with E-state index in [2.05, 4.69) is 10.6 Å². The number of carbonyl (C=O) groups excluding carboxylic acids is 3. The quantitative estimate of drug-likeness (QED) is 0.462. The number of aryl methyl sites for hydroxylation is 2. The van der Waals surface area contributed by atoms with Crippen molar-refractivity contribution in [3.63, 3.8) is 0 Å². The van der Waals surface area contributed by atoms with E-state index in [0.717, 1.165) is 22.4 Å². The number of rotatable bonds is 9. The molecule has 0 unspecified atom stereocenters. The minimum atomic E-state index is -0.438. The fourth-order valence-electron chi connectivity index (χ4n) is 4.32. The van der Waals surface area contributed by atoms with Crippen molar-refractivity contribution in [1.82, 2.24) is 5.32 Å². The summed E-state index contributed by atoms with van der Waals surface area (Å²) in [5.41, 5.74) is 4.42. The molecule has 192 valence electrons. The van der Waals surface area contributed by atoms with Gasteiger partial charge in [-0.1, -0.05) is 35.9 Å². The van der Waals surface area contributed by atoms with Gasteiger partial charge in [0.1, 0.15) is 11.5 Å². The Hall–Kier alpha value is -4.33. The third kappa shape index (κ3) is 6.46. The molecule has 1 atom stereocenters. The van der Waals surface area contributed by atoms with Crippen molar-refractivity contribution in [2.24, 2.45) is 5.92 Å². The monoisotopic (exact) mass is 501 g/mol. The average molecular weight is 502 g/mol. The van der Waals surface area contributed by atoms with Crippen LogP contribution >= 0.6 is 0 Å². The maximum absolute atomic E-state index is 12.7. The SMILES string of the molecule is COc1ccccc1CNC(=O)[C@H]1CC(=O)N(c2ccc(OCC(=O)Nc3ccc(C)cc3C)cc2)C1. The zero-order chi connectivity index (χ0) is 26.4. The first-order chi connectivity index (χ1) is 17.8. The molecular weight excluding hydrogens is 470 g/mol. The summed E-state index contributed by atoms with van der Waals surface area (Å²) in [6.07, 6.45) is 0.147. The number of ether oxygens (including phenoxy) is 2. The number of carbonyl (C=O) groups is 3. The predicted octanol–water partition coefficient (Wildman–Crippen LogP) is 4.00. The van der Waals surface area contributed by atoms with Crippen molar-refractivity contribution in [1.29, 1.82) is 0 Å². The van der Waals surface area contributed by atoms with Crippen LogP contribution in [-0.2, 0) is 20.9 Å². The first-order valence-electron chi connectivity index (χ1n) is 12.1. The summed E-state index contributed by atoms with van der Waals surface area (Å²) >= 11 is 0. The molecule has 1 aliphatic rings. The normalized spacial score (nSPS) is 14.8. The molecule has 8 nitrogen and oxygen atoms in total. The molecule has 3 aromatic carbocycles. The molecule has 2 N–H and O–H groups in total. The Morgan fingerprint density at radius 2 is 1.78 bits per heavy atom. The van der Waals surface area contributed by atoms with Crippen LogP contribution < -0.4 is 25.0 Å². The molecule has 1 fully saturated rings. The van der Waals surface area contributed by atoms with E-state index >= 15 is 0 Å². The third-order valence-electron chi connectivity index (χ3n) is 6.32. The van der Waals surface area contributed by atoms with Gasteiger partial charge in [0.05, 0.1) is 13.0 Å². The van der Waals surface area contributed by atoms with Gasteiger partial charge in [-0.15, -0.1) is 0 Å². The van der Waals surface area contributed by atoms with E-state index in [-0.39, 0.29) is 30.7 Å². The highest BCUT2D eigenvalue weighted by Gasteiger charge is 2.35. The van der Waals surface area contributed by atoms with Gasteiger partial charge in [0.25, 0.3) is 5.91 Å². The molecule has 37 heavy (non-hydrogen) atoms. The van der Waals surface area contributed by atoms with Gasteiger partial charge in [-0.3, -0.25) is 14.4 Å². The molecule has 4 rings (SSSR count). The predicted molar refractivity (Wildman–Crippen MR) is 142 cm³/mol. The van der Waals surface area contributed by atoms with E-state index in [4.69, 9.17) is 9.47 Å². The van der Waals surface area contributed by atoms with Crippen LogP contribution in [0.15, 0.2) is 66.7 Å². The smallest absolute Gasteiger partial charge is 0.262 e. The number of para-hydroxylation sites is 1. The van der Waals surface area contributed by atoms with Crippen molar-refractivity contribution < 1.29 is 23.9 Å². The molecule has 1 aliphatic heterocycles. The van der Waals surface area contributed by atoms with Crippen LogP contribution in [0.5, 0.6) is 11.5 Å². The molecule has 0 aromatic heterocycles. The zero-order valence-electron chi connectivity index (χ0n) is 21.2. The highest BCUT2D eigenvalue weighted by molar-refractivity contribution is 6.00. The number of methoxy groups -OCH3 is 1. The van der Waals surface area contributed by atoms with Crippen LogP contribution in [0.25, 0.3) is 0 Å². The summed E-state index contributed by atoms with van der Waals surface area (Å²) in [5, 5.41) is 5.76. The van der Waals surface area contributed by atoms with Crippen LogP contribution in [0.4, 0.5) is 11.4 Å². The van der Waals surface area contributed by atoms with Crippen molar-refractivity contribution >= 4 is 29.1 Å². The molecule has 1 saturated heterocycles. The van der Waals surface area contributed by atoms with Crippen molar-refractivity contribution in [3.05, 3.63) is 83.4 Å². The Labute approximate surface area is 216 Å². The molecule has 0 spiro atoms. The lowest BCUT2D eigenvalue weighted by molar-refractivity contribution is -0.126. The van der Waals surface area contributed by atoms with E-state index < -0.39 is 5.92 Å². The molecule has 0 bridgehead atoms. The molecular formula is C29H31N3O5. The van der Waals surface area contributed by atoms with Gasteiger partial charge >= 0.3 is 0 Å². The molecule has 1 heterocycles. The van der Waals surface area contributed by atoms with E-state index in [1.54, 1.807) is 36.3 Å². The van der Waals surface area contributed by atoms with Gasteiger partial charge in [0, 0.05) is 36.4 Å². The Kier molecular flexibility index (Phi) is 8.08. The number of nitrogens with one attached hydrogen (secondary N) is 2. The summed E-state index contributed by atoms with van der Waals surface area (Å²) in [6.45, 7) is 4.44. The standard InChI is InChI=1S/C29H31N3O5/c1-19-8-13-25(20(2)14-19)31-27(33)18-37-24-11-9-23(10-12-24)32-17-22(15-28(32)34)29(35)30-16-21-6-4-5-7-26(21)36-3/h4-14,22H,15-18H2,1-3H3,(H,30,35)(H,31,33)/t22-/m0/s1. The second kappa shape index (κ2) is 11.6. The lowest BCUT2D eigenvalue weighted by Gasteiger charge is -2.17. The molecule has 3 aromatic rings. The number of anilines is 2. The summed E-state index contributed by atoms with van der Waals surface area (Å²) in [7, 11) is 1.59. The van der Waals surface area contributed by atoms with Gasteiger partial charge in [0.2, 0.25) is 11.8 Å². The topological polar surface area (TPSA) is 97.0 Å². The summed E-state index contributed by atoms with van der Waals surface area (Å²) in [4.78, 5) is 39.2. The zero-order valence-corrected chi connectivity index (χ0v) is 21.2. The Morgan fingerprint density at radius 1 is 1.03 bits per heavy atom. The summed E-state index contributed by atoms with van der Waals surface area (Å²) < 4.78 is 10.9. The molecule has 0 radical (unpaired) electrons. The van der Waals surface area contributed by atoms with Crippen LogP contribution in [0, 0.1) is 19.8 Å². The average Bonchev–Trinajstić information content (AvgIpc) is 3.29. The van der Waals surface area contributed by atoms with E-state index in [9.17, 15) is 14.4 Å². The maximum Gasteiger partial charge on any atom is 0.262 e. The van der Waals surface area contributed by atoms with E-state index in [0.29, 0.717) is 30.3 Å². The van der Waals surface area contributed by atoms with Gasteiger partial charge in [0.15, 0.2) is 6.61 Å². The number of nitrogens with zero attached hydrogens (tertiary/aromatic N) is 1. The molecule has 0 aliphatic carbocycles. The lowest BCUT2D eigenvalue weighted by Crippen LogP contribution is -2.32. The first kappa shape index (κ1) is 25.8. The van der Waals surface area contributed by atoms with Crippen molar-refractivity contribution in [3.8, 4) is 11.5 Å². The molecule has 8 heteroatoms. The number of benzene rings is 3. The fraction of sp³-hybridized carbons (Fsp3) is 0.276. The van der Waals surface area contributed by atoms with Gasteiger partial charge in [-0.05, 0) is 55.8 Å². The van der Waals surface area contributed by atoms with E-state index in [1.807, 2.05) is 56.3 Å². The minimum Gasteiger partial charge on any atom is -0.496 e. The molecule has 0 saturated carbocycles. The highest BCUT2D eigenvalue weighted by Crippen LogP contribution is 2.27. The minimum absolute atomic E-state index is 0.112. The van der Waals surface area contributed by atoms with Crippen molar-refractivity contribution in [2.75, 3.05) is 30.5 Å². The third-order valence-corrected chi connectivity index (χ3v) is 6.32. The summed E-state index contributed by atoms with van der Waals surface area (Å²) in [6, 6.07) is 20.2. The first-order valence-corrected chi connectivity index (χ1v) is 12.1. The number of hydrogen-bond donors (Lipinski definition) is 2. The van der Waals surface area contributed by atoms with Gasteiger partial charge in [-0.2, -0.15) is 0 Å². The Morgan fingerprint density at radius 3 is 2.51 bits per heavy atom.